The summed E-state index contributed by atoms with van der Waals surface area (Å²) in [6.07, 6.45) is 7.44. The van der Waals surface area contributed by atoms with Crippen LogP contribution in [0.1, 0.15) is 48.8 Å². The molecule has 2 amide bonds. The van der Waals surface area contributed by atoms with Gasteiger partial charge in [-0.2, -0.15) is 5.26 Å². The fourth-order valence-electron chi connectivity index (χ4n) is 4.31. The van der Waals surface area contributed by atoms with E-state index in [1.54, 1.807) is 25.3 Å². The summed E-state index contributed by atoms with van der Waals surface area (Å²) >= 11 is 4.51. The molecule has 0 radical (unpaired) electrons. The van der Waals surface area contributed by atoms with Gasteiger partial charge in [-0.05, 0) is 76.3 Å². The van der Waals surface area contributed by atoms with E-state index in [2.05, 4.69) is 22.0 Å². The Labute approximate surface area is 212 Å². The number of ether oxygens (including phenoxy) is 2. The number of nitrogens with zero attached hydrogens (tertiary/aromatic N) is 2. The van der Waals surface area contributed by atoms with Crippen molar-refractivity contribution < 1.29 is 19.1 Å². The van der Waals surface area contributed by atoms with Crippen LogP contribution in [0.4, 0.5) is 4.79 Å². The molecule has 0 aromatic heterocycles. The van der Waals surface area contributed by atoms with Crippen molar-refractivity contribution in [1.82, 2.24) is 4.90 Å². The van der Waals surface area contributed by atoms with Crippen molar-refractivity contribution in [1.29, 1.82) is 5.26 Å². The molecule has 0 atom stereocenters. The third kappa shape index (κ3) is 5.48. The first-order valence-corrected chi connectivity index (χ1v) is 12.8. The molecule has 6 nitrogen and oxygen atoms in total. The highest BCUT2D eigenvalue weighted by Gasteiger charge is 2.36. The number of benzene rings is 2. The second kappa shape index (κ2) is 11.1. The van der Waals surface area contributed by atoms with Crippen LogP contribution in [-0.2, 0) is 11.4 Å². The lowest BCUT2D eigenvalue weighted by Crippen LogP contribution is -2.34. The quantitative estimate of drug-likeness (QED) is 0.371. The van der Waals surface area contributed by atoms with Crippen molar-refractivity contribution in [2.24, 2.45) is 5.92 Å². The number of carbonyl (C=O) groups is 2. The highest BCUT2D eigenvalue weighted by atomic mass is 79.9. The number of imide groups is 1. The third-order valence-corrected chi connectivity index (χ3v) is 7.59. The maximum Gasteiger partial charge on any atom is 0.293 e. The van der Waals surface area contributed by atoms with Gasteiger partial charge in [0.2, 0.25) is 0 Å². The molecule has 4 rings (SSSR count). The van der Waals surface area contributed by atoms with Crippen LogP contribution in [0, 0.1) is 17.2 Å². The highest BCUT2D eigenvalue weighted by molar-refractivity contribution is 9.10. The van der Waals surface area contributed by atoms with E-state index in [9.17, 15) is 14.9 Å². The van der Waals surface area contributed by atoms with Gasteiger partial charge in [0.1, 0.15) is 6.61 Å². The number of halogens is 1. The lowest BCUT2D eigenvalue weighted by Gasteiger charge is -2.25. The van der Waals surface area contributed by atoms with Gasteiger partial charge in [0.25, 0.3) is 11.1 Å². The Morgan fingerprint density at radius 1 is 1.21 bits per heavy atom. The Morgan fingerprint density at radius 2 is 1.97 bits per heavy atom. The molecule has 1 aliphatic heterocycles. The van der Waals surface area contributed by atoms with Crippen LogP contribution < -0.4 is 9.47 Å². The van der Waals surface area contributed by atoms with Crippen molar-refractivity contribution in [2.45, 2.75) is 38.7 Å². The summed E-state index contributed by atoms with van der Waals surface area (Å²) in [5.41, 5.74) is 2.05. The molecular weight excluding hydrogens is 516 g/mol. The summed E-state index contributed by atoms with van der Waals surface area (Å²) in [6, 6.07) is 13.0. The van der Waals surface area contributed by atoms with Crippen molar-refractivity contribution in [2.75, 3.05) is 13.7 Å². The number of methoxy groups -OCH3 is 1. The predicted molar refractivity (Wildman–Crippen MR) is 135 cm³/mol. The Kier molecular flexibility index (Phi) is 7.96. The molecular formula is C26H25BrN2O4S. The van der Waals surface area contributed by atoms with E-state index in [4.69, 9.17) is 9.47 Å². The normalized spacial score (nSPS) is 17.8. The summed E-state index contributed by atoms with van der Waals surface area (Å²) in [4.78, 5) is 27.3. The molecule has 34 heavy (non-hydrogen) atoms. The molecule has 2 aromatic carbocycles. The van der Waals surface area contributed by atoms with Crippen LogP contribution in [0.2, 0.25) is 0 Å². The van der Waals surface area contributed by atoms with Crippen molar-refractivity contribution in [3.05, 3.63) is 62.5 Å². The standard InChI is InChI=1S/C26H25BrN2O4S/c1-32-22-12-18(11-21(27)24(22)33-16-20-10-6-5-9-19(20)14-28)13-23-25(30)29(26(31)34-23)15-17-7-3-2-4-8-17/h5-6,9-13,17H,2-4,7-8,15-16H2,1H3/b23-13+. The zero-order valence-corrected chi connectivity index (χ0v) is 21.3. The van der Waals surface area contributed by atoms with Gasteiger partial charge < -0.3 is 9.47 Å². The Hall–Kier alpha value is -2.76. The first-order chi connectivity index (χ1) is 16.5. The largest absolute Gasteiger partial charge is 0.493 e. The lowest BCUT2D eigenvalue weighted by atomic mass is 9.89. The molecule has 2 aromatic rings. The smallest absolute Gasteiger partial charge is 0.293 e. The maximum atomic E-state index is 12.9. The van der Waals surface area contributed by atoms with E-state index in [0.29, 0.717) is 38.9 Å². The predicted octanol–water partition coefficient (Wildman–Crippen LogP) is 6.52. The molecule has 176 valence electrons. The Balaban J connectivity index is 1.51. The van der Waals surface area contributed by atoms with Gasteiger partial charge in [-0.25, -0.2) is 0 Å². The van der Waals surface area contributed by atoms with Gasteiger partial charge in [0.15, 0.2) is 11.5 Å². The summed E-state index contributed by atoms with van der Waals surface area (Å²) < 4.78 is 12.1. The Morgan fingerprint density at radius 3 is 2.71 bits per heavy atom. The van der Waals surface area contributed by atoms with Crippen LogP contribution in [-0.4, -0.2) is 29.7 Å². The van der Waals surface area contributed by atoms with Gasteiger partial charge >= 0.3 is 0 Å². The minimum Gasteiger partial charge on any atom is -0.493 e. The molecule has 8 heteroatoms. The van der Waals surface area contributed by atoms with Crippen LogP contribution in [0.25, 0.3) is 6.08 Å². The van der Waals surface area contributed by atoms with E-state index in [1.807, 2.05) is 24.3 Å². The van der Waals surface area contributed by atoms with Gasteiger partial charge in [-0.15, -0.1) is 0 Å². The molecule has 2 aliphatic rings. The van der Waals surface area contributed by atoms with Gasteiger partial charge in [0.05, 0.1) is 28.1 Å². The number of carbonyl (C=O) groups excluding carboxylic acids is 2. The molecule has 0 spiro atoms. The molecule has 1 aliphatic carbocycles. The van der Waals surface area contributed by atoms with E-state index < -0.39 is 0 Å². The topological polar surface area (TPSA) is 79.6 Å². The van der Waals surface area contributed by atoms with Crippen molar-refractivity contribution in [3.63, 3.8) is 0 Å². The van der Waals surface area contributed by atoms with E-state index in [0.717, 1.165) is 35.7 Å². The van der Waals surface area contributed by atoms with Gasteiger partial charge in [-0.3, -0.25) is 14.5 Å². The lowest BCUT2D eigenvalue weighted by molar-refractivity contribution is -0.123. The second-order valence-electron chi connectivity index (χ2n) is 8.39. The summed E-state index contributed by atoms with van der Waals surface area (Å²) in [6.45, 7) is 0.712. The van der Waals surface area contributed by atoms with Crippen molar-refractivity contribution >= 4 is 44.9 Å². The zero-order valence-electron chi connectivity index (χ0n) is 18.9. The highest BCUT2D eigenvalue weighted by Crippen LogP contribution is 2.40. The number of thioether (sulfide) groups is 1. The third-order valence-electron chi connectivity index (χ3n) is 6.10. The number of rotatable bonds is 7. The number of nitriles is 1. The average molecular weight is 541 g/mol. The van der Waals surface area contributed by atoms with Gasteiger partial charge in [0, 0.05) is 12.1 Å². The van der Waals surface area contributed by atoms with Crippen molar-refractivity contribution in [3.8, 4) is 17.6 Å². The molecule has 0 N–H and O–H groups in total. The molecule has 0 unspecified atom stereocenters. The number of hydrogen-bond acceptors (Lipinski definition) is 6. The number of hydrogen-bond donors (Lipinski definition) is 0. The molecule has 1 saturated carbocycles. The molecule has 2 fully saturated rings. The first-order valence-electron chi connectivity index (χ1n) is 11.2. The van der Waals surface area contributed by atoms with E-state index >= 15 is 0 Å². The molecule has 1 heterocycles. The van der Waals surface area contributed by atoms with Crippen LogP contribution in [0.3, 0.4) is 0 Å². The van der Waals surface area contributed by atoms with Crippen LogP contribution in [0.5, 0.6) is 11.5 Å². The second-order valence-corrected chi connectivity index (χ2v) is 10.2. The van der Waals surface area contributed by atoms with E-state index in [1.165, 1.54) is 24.2 Å². The minimum absolute atomic E-state index is 0.205. The fourth-order valence-corrected chi connectivity index (χ4v) is 5.73. The monoisotopic (exact) mass is 540 g/mol. The van der Waals surface area contributed by atoms with Crippen LogP contribution in [0.15, 0.2) is 45.8 Å². The first kappa shape index (κ1) is 24.4. The zero-order chi connectivity index (χ0) is 24.1. The summed E-state index contributed by atoms with van der Waals surface area (Å²) in [5.74, 6) is 1.15. The average Bonchev–Trinajstić information content (AvgIpc) is 3.11. The molecule has 1 saturated heterocycles. The number of amides is 2. The van der Waals surface area contributed by atoms with Gasteiger partial charge in [-0.1, -0.05) is 37.5 Å². The minimum atomic E-state index is -0.232. The van der Waals surface area contributed by atoms with E-state index in [-0.39, 0.29) is 17.8 Å². The summed E-state index contributed by atoms with van der Waals surface area (Å²) in [7, 11) is 1.54. The maximum absolute atomic E-state index is 12.9. The molecule has 0 bridgehead atoms. The summed E-state index contributed by atoms with van der Waals surface area (Å²) in [5, 5.41) is 9.09. The Bertz CT molecular complexity index is 1170. The van der Waals surface area contributed by atoms with Crippen LogP contribution >= 0.6 is 27.7 Å². The fraction of sp³-hybridized carbons (Fsp3) is 0.346. The SMILES string of the molecule is COc1cc(/C=C2/SC(=O)N(CC3CCCCC3)C2=O)cc(Br)c1OCc1ccccc1C#N.